The number of rotatable bonds is 7. The number of phenols is 1. The van der Waals surface area contributed by atoms with Crippen LogP contribution in [0.5, 0.6) is 5.75 Å². The Morgan fingerprint density at radius 3 is 2.81 bits per heavy atom. The monoisotopic (exact) mass is 289 g/mol. The van der Waals surface area contributed by atoms with E-state index >= 15 is 0 Å². The predicted octanol–water partition coefficient (Wildman–Crippen LogP) is 2.87. The molecule has 0 radical (unpaired) electrons. The van der Waals surface area contributed by atoms with Crippen LogP contribution in [-0.2, 0) is 11.3 Å². The molecular formula is C15H19N3O3. The fourth-order valence-electron chi connectivity index (χ4n) is 2.21. The van der Waals surface area contributed by atoms with Gasteiger partial charge in [0.25, 0.3) is 0 Å². The molecule has 3 rings (SSSR count). The quantitative estimate of drug-likeness (QED) is 0.763. The molecule has 1 aromatic heterocycles. The summed E-state index contributed by atoms with van der Waals surface area (Å²) in [4.78, 5) is 4.41. The highest BCUT2D eigenvalue weighted by Crippen LogP contribution is 2.42. The van der Waals surface area contributed by atoms with E-state index < -0.39 is 0 Å². The molecule has 1 aliphatic carbocycles. The van der Waals surface area contributed by atoms with Crippen LogP contribution in [0.2, 0.25) is 0 Å². The van der Waals surface area contributed by atoms with E-state index in [9.17, 15) is 5.11 Å². The van der Waals surface area contributed by atoms with Gasteiger partial charge in [-0.2, -0.15) is 4.98 Å². The average Bonchev–Trinajstić information content (AvgIpc) is 3.22. The molecule has 0 bridgehead atoms. The van der Waals surface area contributed by atoms with Gasteiger partial charge in [-0.25, -0.2) is 0 Å². The predicted molar refractivity (Wildman–Crippen MR) is 76.8 cm³/mol. The van der Waals surface area contributed by atoms with E-state index in [0.29, 0.717) is 30.8 Å². The minimum absolute atomic E-state index is 0.0406. The molecule has 1 atom stereocenters. The summed E-state index contributed by atoms with van der Waals surface area (Å²) in [6.07, 6.45) is 2.29. The normalized spacial score (nSPS) is 15.9. The fourth-order valence-corrected chi connectivity index (χ4v) is 2.21. The number of benzene rings is 1. The zero-order chi connectivity index (χ0) is 14.7. The van der Waals surface area contributed by atoms with Gasteiger partial charge < -0.3 is 19.7 Å². The number of nitrogens with zero attached hydrogens (tertiary/aromatic N) is 2. The Balaban J connectivity index is 1.60. The lowest BCUT2D eigenvalue weighted by atomic mass is 10.2. The lowest BCUT2D eigenvalue weighted by molar-refractivity contribution is 0.0384. The summed E-state index contributed by atoms with van der Waals surface area (Å²) in [5, 5.41) is 16.4. The second-order valence-corrected chi connectivity index (χ2v) is 5.16. The Labute approximate surface area is 123 Å². The van der Waals surface area contributed by atoms with Crippen LogP contribution < -0.4 is 5.32 Å². The van der Waals surface area contributed by atoms with Crippen molar-refractivity contribution >= 4 is 5.69 Å². The van der Waals surface area contributed by atoms with Crippen LogP contribution in [0.1, 0.15) is 37.6 Å². The molecule has 1 heterocycles. The summed E-state index contributed by atoms with van der Waals surface area (Å²) in [5.41, 5.74) is 0.885. The fraction of sp³-hybridized carbons (Fsp3) is 0.467. The van der Waals surface area contributed by atoms with Crippen molar-refractivity contribution in [1.29, 1.82) is 0 Å². The van der Waals surface area contributed by atoms with Crippen LogP contribution >= 0.6 is 0 Å². The number of aromatic hydroxyl groups is 1. The summed E-state index contributed by atoms with van der Waals surface area (Å²) in [6, 6.07) is 6.83. The van der Waals surface area contributed by atoms with Gasteiger partial charge in [-0.05, 0) is 49.9 Å². The van der Waals surface area contributed by atoms with E-state index in [-0.39, 0.29) is 11.9 Å². The van der Waals surface area contributed by atoms with Crippen LogP contribution in [0.25, 0.3) is 0 Å². The number of ether oxygens (including phenoxy) is 1. The Kier molecular flexibility index (Phi) is 4.06. The minimum atomic E-state index is -0.0406. The lowest BCUT2D eigenvalue weighted by Crippen LogP contribution is -2.09. The smallest absolute Gasteiger partial charge is 0.246 e. The number of hydrogen-bond acceptors (Lipinski definition) is 6. The van der Waals surface area contributed by atoms with Crippen molar-refractivity contribution in [3.8, 4) is 5.75 Å². The van der Waals surface area contributed by atoms with E-state index in [1.165, 1.54) is 12.8 Å². The Morgan fingerprint density at radius 1 is 1.38 bits per heavy atom. The molecule has 1 saturated carbocycles. The molecule has 0 spiro atoms. The molecule has 21 heavy (non-hydrogen) atoms. The van der Waals surface area contributed by atoms with E-state index in [1.54, 1.807) is 24.3 Å². The summed E-state index contributed by atoms with van der Waals surface area (Å²) in [7, 11) is 0. The van der Waals surface area contributed by atoms with Crippen molar-refractivity contribution in [1.82, 2.24) is 10.1 Å². The van der Waals surface area contributed by atoms with Gasteiger partial charge in [-0.15, -0.1) is 0 Å². The standard InChI is InChI=1S/C15H19N3O3/c1-2-20-14(10-3-4-10)15-17-13(21-18-15)9-16-11-5-7-12(19)8-6-11/h5-8,10,14,16,19H,2-4,9H2,1H3. The van der Waals surface area contributed by atoms with Gasteiger partial charge in [0.15, 0.2) is 0 Å². The summed E-state index contributed by atoms with van der Waals surface area (Å²) < 4.78 is 11.0. The first kappa shape index (κ1) is 13.9. The highest BCUT2D eigenvalue weighted by Gasteiger charge is 2.36. The summed E-state index contributed by atoms with van der Waals surface area (Å²) >= 11 is 0. The van der Waals surface area contributed by atoms with E-state index in [4.69, 9.17) is 9.26 Å². The lowest BCUT2D eigenvalue weighted by Gasteiger charge is -2.11. The molecule has 2 N–H and O–H groups in total. The van der Waals surface area contributed by atoms with Crippen LogP contribution in [-0.4, -0.2) is 21.9 Å². The molecule has 0 amide bonds. The van der Waals surface area contributed by atoms with Gasteiger partial charge in [-0.3, -0.25) is 0 Å². The third kappa shape index (κ3) is 3.52. The second-order valence-electron chi connectivity index (χ2n) is 5.16. The van der Waals surface area contributed by atoms with Crippen molar-refractivity contribution < 1.29 is 14.4 Å². The van der Waals surface area contributed by atoms with Crippen molar-refractivity contribution in [2.75, 3.05) is 11.9 Å². The van der Waals surface area contributed by atoms with Gasteiger partial charge in [-0.1, -0.05) is 5.16 Å². The topological polar surface area (TPSA) is 80.4 Å². The maximum absolute atomic E-state index is 9.23. The van der Waals surface area contributed by atoms with Crippen molar-refractivity contribution in [2.24, 2.45) is 5.92 Å². The zero-order valence-electron chi connectivity index (χ0n) is 12.0. The SMILES string of the molecule is CCOC(c1noc(CNc2ccc(O)cc2)n1)C1CC1. The molecule has 6 heteroatoms. The van der Waals surface area contributed by atoms with Crippen LogP contribution in [0.3, 0.4) is 0 Å². The average molecular weight is 289 g/mol. The Bertz CT molecular complexity index is 578. The number of nitrogens with one attached hydrogen (secondary N) is 1. The Hall–Kier alpha value is -2.08. The maximum Gasteiger partial charge on any atom is 0.246 e. The molecule has 6 nitrogen and oxygen atoms in total. The third-order valence-electron chi connectivity index (χ3n) is 3.45. The minimum Gasteiger partial charge on any atom is -0.508 e. The molecular weight excluding hydrogens is 270 g/mol. The molecule has 1 aromatic carbocycles. The van der Waals surface area contributed by atoms with Crippen LogP contribution in [0.15, 0.2) is 28.8 Å². The van der Waals surface area contributed by atoms with Gasteiger partial charge in [0.2, 0.25) is 11.7 Å². The number of anilines is 1. The van der Waals surface area contributed by atoms with E-state index in [0.717, 1.165) is 5.69 Å². The van der Waals surface area contributed by atoms with Gasteiger partial charge in [0.05, 0.1) is 6.54 Å². The first-order valence-corrected chi connectivity index (χ1v) is 7.23. The molecule has 1 fully saturated rings. The van der Waals surface area contributed by atoms with E-state index in [1.807, 2.05) is 6.92 Å². The maximum atomic E-state index is 9.23. The van der Waals surface area contributed by atoms with Gasteiger partial charge >= 0.3 is 0 Å². The van der Waals surface area contributed by atoms with Gasteiger partial charge in [0, 0.05) is 12.3 Å². The van der Waals surface area contributed by atoms with Crippen molar-refractivity contribution in [3.63, 3.8) is 0 Å². The number of aromatic nitrogens is 2. The van der Waals surface area contributed by atoms with E-state index in [2.05, 4.69) is 15.5 Å². The zero-order valence-corrected chi connectivity index (χ0v) is 12.0. The molecule has 2 aromatic rings. The first-order chi connectivity index (χ1) is 10.3. The molecule has 112 valence electrons. The molecule has 1 aliphatic rings. The molecule has 0 aliphatic heterocycles. The highest BCUT2D eigenvalue weighted by atomic mass is 16.5. The highest BCUT2D eigenvalue weighted by molar-refractivity contribution is 5.45. The van der Waals surface area contributed by atoms with Gasteiger partial charge in [0.1, 0.15) is 11.9 Å². The largest absolute Gasteiger partial charge is 0.508 e. The van der Waals surface area contributed by atoms with Crippen LogP contribution in [0.4, 0.5) is 5.69 Å². The summed E-state index contributed by atoms with van der Waals surface area (Å²) in [6.45, 7) is 3.07. The van der Waals surface area contributed by atoms with Crippen molar-refractivity contribution in [2.45, 2.75) is 32.4 Å². The first-order valence-electron chi connectivity index (χ1n) is 7.23. The Morgan fingerprint density at radius 2 is 2.14 bits per heavy atom. The molecule has 1 unspecified atom stereocenters. The number of hydrogen-bond donors (Lipinski definition) is 2. The van der Waals surface area contributed by atoms with Crippen LogP contribution in [0, 0.1) is 5.92 Å². The number of phenolic OH excluding ortho intramolecular Hbond substituents is 1. The molecule has 0 saturated heterocycles. The van der Waals surface area contributed by atoms with Crippen molar-refractivity contribution in [3.05, 3.63) is 36.0 Å². The second kappa shape index (κ2) is 6.13. The summed E-state index contributed by atoms with van der Waals surface area (Å²) in [5.74, 6) is 1.94. The third-order valence-corrected chi connectivity index (χ3v) is 3.45.